The average molecular weight is 322 g/mol. The Morgan fingerprint density at radius 2 is 2.24 bits per heavy atom. The summed E-state index contributed by atoms with van der Waals surface area (Å²) in [6.07, 6.45) is 3.23. The average Bonchev–Trinajstić information content (AvgIpc) is 2.90. The van der Waals surface area contributed by atoms with Gasteiger partial charge in [0.1, 0.15) is 0 Å². The molecule has 0 spiro atoms. The maximum atomic E-state index is 11.6. The van der Waals surface area contributed by atoms with E-state index in [0.29, 0.717) is 22.0 Å². The first-order chi connectivity index (χ1) is 10.1. The van der Waals surface area contributed by atoms with E-state index in [2.05, 4.69) is 16.8 Å². The number of amides is 1. The van der Waals surface area contributed by atoms with Crippen molar-refractivity contribution in [3.05, 3.63) is 44.6 Å². The van der Waals surface area contributed by atoms with E-state index in [4.69, 9.17) is 23.1 Å². The molecule has 4 nitrogen and oxygen atoms in total. The maximum Gasteiger partial charge on any atom is 0.250 e. The summed E-state index contributed by atoms with van der Waals surface area (Å²) in [5, 5.41) is 5.91. The molecule has 0 saturated carbocycles. The summed E-state index contributed by atoms with van der Waals surface area (Å²) in [6.45, 7) is 0. The van der Waals surface area contributed by atoms with Gasteiger partial charge in [-0.05, 0) is 48.4 Å². The van der Waals surface area contributed by atoms with Crippen LogP contribution in [-0.4, -0.2) is 5.91 Å². The Morgan fingerprint density at radius 1 is 1.43 bits per heavy atom. The van der Waals surface area contributed by atoms with Crippen molar-refractivity contribution < 1.29 is 4.79 Å². The molecule has 0 radical (unpaired) electrons. The number of benzene rings is 1. The third kappa shape index (κ3) is 2.71. The summed E-state index contributed by atoms with van der Waals surface area (Å²) >= 11 is 8.02. The lowest BCUT2D eigenvalue weighted by molar-refractivity contribution is 0.100. The predicted molar refractivity (Wildman–Crippen MR) is 88.0 cm³/mol. The first-order valence-corrected chi connectivity index (χ1v) is 8.03. The van der Waals surface area contributed by atoms with Crippen LogP contribution in [0.2, 0.25) is 5.02 Å². The lowest BCUT2D eigenvalue weighted by Gasteiger charge is -2.26. The van der Waals surface area contributed by atoms with Gasteiger partial charge in [-0.2, -0.15) is 0 Å². The molecule has 1 atom stereocenters. The Kier molecular flexibility index (Phi) is 3.78. The molecule has 21 heavy (non-hydrogen) atoms. The normalized spacial score (nSPS) is 17.3. The number of halogens is 1. The van der Waals surface area contributed by atoms with Crippen molar-refractivity contribution in [3.8, 4) is 0 Å². The van der Waals surface area contributed by atoms with Crippen LogP contribution in [0.5, 0.6) is 0 Å². The number of hydrogen-bond acceptors (Lipinski definition) is 4. The highest BCUT2D eigenvalue weighted by molar-refractivity contribution is 7.10. The van der Waals surface area contributed by atoms with Gasteiger partial charge in [-0.15, -0.1) is 11.3 Å². The number of carbonyl (C=O) groups excluding carboxylic acids is 1. The fourth-order valence-corrected chi connectivity index (χ4v) is 4.05. The van der Waals surface area contributed by atoms with E-state index in [1.54, 1.807) is 23.5 Å². The highest BCUT2D eigenvalue weighted by Crippen LogP contribution is 2.38. The molecule has 0 bridgehead atoms. The van der Waals surface area contributed by atoms with Gasteiger partial charge < -0.3 is 16.8 Å². The van der Waals surface area contributed by atoms with Crippen molar-refractivity contribution in [2.75, 3.05) is 11.1 Å². The fourth-order valence-electron chi connectivity index (χ4n) is 2.78. The standard InChI is InChI=1S/C15H16ClN3OS/c16-11-7-8(17)6-10(15(18)20)14(11)19-12-2-1-3-13-9(12)4-5-21-13/h4-7,12,19H,1-3,17H2,(H2,18,20). The molecule has 6 heteroatoms. The summed E-state index contributed by atoms with van der Waals surface area (Å²) in [6, 6.07) is 5.48. The molecule has 5 N–H and O–H groups in total. The van der Waals surface area contributed by atoms with E-state index in [-0.39, 0.29) is 6.04 Å². The van der Waals surface area contributed by atoms with Gasteiger partial charge in [0, 0.05) is 10.6 Å². The summed E-state index contributed by atoms with van der Waals surface area (Å²) in [5.41, 5.74) is 13.8. The van der Waals surface area contributed by atoms with Crippen LogP contribution in [0, 0.1) is 0 Å². The van der Waals surface area contributed by atoms with Crippen LogP contribution in [-0.2, 0) is 6.42 Å². The molecule has 0 aliphatic heterocycles. The van der Waals surface area contributed by atoms with Gasteiger partial charge in [-0.25, -0.2) is 0 Å². The van der Waals surface area contributed by atoms with Crippen molar-refractivity contribution in [1.82, 2.24) is 0 Å². The predicted octanol–water partition coefficient (Wildman–Crippen LogP) is 3.57. The fraction of sp³-hybridized carbons (Fsp3) is 0.267. The van der Waals surface area contributed by atoms with Crippen LogP contribution in [0.15, 0.2) is 23.6 Å². The number of anilines is 2. The van der Waals surface area contributed by atoms with Crippen molar-refractivity contribution in [2.24, 2.45) is 5.73 Å². The van der Waals surface area contributed by atoms with Gasteiger partial charge in [0.15, 0.2) is 0 Å². The van der Waals surface area contributed by atoms with E-state index in [1.165, 1.54) is 10.4 Å². The number of primary amides is 1. The molecule has 1 amide bonds. The smallest absolute Gasteiger partial charge is 0.250 e. The summed E-state index contributed by atoms with van der Waals surface area (Å²) in [4.78, 5) is 13.0. The maximum absolute atomic E-state index is 11.6. The minimum Gasteiger partial charge on any atom is -0.399 e. The molecular formula is C15H16ClN3OS. The molecule has 1 unspecified atom stereocenters. The number of thiophene rings is 1. The van der Waals surface area contributed by atoms with Gasteiger partial charge in [-0.1, -0.05) is 11.6 Å². The zero-order chi connectivity index (χ0) is 15.0. The number of nitrogen functional groups attached to an aromatic ring is 1. The van der Waals surface area contributed by atoms with Gasteiger partial charge in [-0.3, -0.25) is 4.79 Å². The quantitative estimate of drug-likeness (QED) is 0.756. The number of fused-ring (bicyclic) bond motifs is 1. The topological polar surface area (TPSA) is 81.1 Å². The first kappa shape index (κ1) is 14.2. The summed E-state index contributed by atoms with van der Waals surface area (Å²) in [7, 11) is 0. The lowest BCUT2D eigenvalue weighted by atomic mass is 9.93. The number of aryl methyl sites for hydroxylation is 1. The third-order valence-corrected chi connectivity index (χ3v) is 5.04. The Labute approximate surface area is 132 Å². The second-order valence-electron chi connectivity index (χ2n) is 5.18. The van der Waals surface area contributed by atoms with Crippen LogP contribution >= 0.6 is 22.9 Å². The summed E-state index contributed by atoms with van der Waals surface area (Å²) in [5.74, 6) is -0.534. The van der Waals surface area contributed by atoms with Crippen molar-refractivity contribution in [3.63, 3.8) is 0 Å². The highest BCUT2D eigenvalue weighted by atomic mass is 35.5. The third-order valence-electron chi connectivity index (χ3n) is 3.75. The van der Waals surface area contributed by atoms with Crippen molar-refractivity contribution in [2.45, 2.75) is 25.3 Å². The Hall–Kier alpha value is -1.72. The van der Waals surface area contributed by atoms with Crippen molar-refractivity contribution in [1.29, 1.82) is 0 Å². The van der Waals surface area contributed by atoms with Gasteiger partial charge in [0.2, 0.25) is 0 Å². The largest absolute Gasteiger partial charge is 0.399 e. The van der Waals surface area contributed by atoms with Crippen LogP contribution in [0.25, 0.3) is 0 Å². The Bertz CT molecular complexity index is 698. The second-order valence-corrected chi connectivity index (χ2v) is 6.59. The molecule has 1 aliphatic carbocycles. The number of nitrogens with two attached hydrogens (primary N) is 2. The minimum atomic E-state index is -0.534. The van der Waals surface area contributed by atoms with Crippen LogP contribution in [0.4, 0.5) is 11.4 Å². The number of nitrogens with one attached hydrogen (secondary N) is 1. The molecule has 1 aromatic carbocycles. The zero-order valence-corrected chi connectivity index (χ0v) is 12.9. The molecule has 110 valence electrons. The van der Waals surface area contributed by atoms with Crippen LogP contribution < -0.4 is 16.8 Å². The lowest BCUT2D eigenvalue weighted by Crippen LogP contribution is -2.20. The monoisotopic (exact) mass is 321 g/mol. The number of rotatable bonds is 3. The molecule has 1 aromatic heterocycles. The van der Waals surface area contributed by atoms with Crippen molar-refractivity contribution >= 4 is 40.2 Å². The molecule has 1 aliphatic rings. The van der Waals surface area contributed by atoms with Gasteiger partial charge in [0.25, 0.3) is 5.91 Å². The highest BCUT2D eigenvalue weighted by Gasteiger charge is 2.23. The van der Waals surface area contributed by atoms with Gasteiger partial charge >= 0.3 is 0 Å². The number of carbonyl (C=O) groups is 1. The zero-order valence-electron chi connectivity index (χ0n) is 11.4. The first-order valence-electron chi connectivity index (χ1n) is 6.78. The van der Waals surface area contributed by atoms with E-state index in [1.807, 2.05) is 0 Å². The Balaban J connectivity index is 1.98. The SMILES string of the molecule is NC(=O)c1cc(N)cc(Cl)c1NC1CCCc2sccc21. The molecule has 1 heterocycles. The Morgan fingerprint density at radius 3 is 3.00 bits per heavy atom. The van der Waals surface area contributed by atoms with Gasteiger partial charge in [0.05, 0.1) is 22.3 Å². The van der Waals surface area contributed by atoms with E-state index >= 15 is 0 Å². The van der Waals surface area contributed by atoms with E-state index in [0.717, 1.165) is 19.3 Å². The molecule has 0 fully saturated rings. The molecule has 0 saturated heterocycles. The van der Waals surface area contributed by atoms with Crippen LogP contribution in [0.1, 0.15) is 39.7 Å². The molecular weight excluding hydrogens is 306 g/mol. The molecule has 2 aromatic rings. The van der Waals surface area contributed by atoms with E-state index in [9.17, 15) is 4.79 Å². The number of hydrogen-bond donors (Lipinski definition) is 3. The van der Waals surface area contributed by atoms with Crippen LogP contribution in [0.3, 0.4) is 0 Å². The minimum absolute atomic E-state index is 0.152. The molecule has 3 rings (SSSR count). The summed E-state index contributed by atoms with van der Waals surface area (Å²) < 4.78 is 0. The second kappa shape index (κ2) is 5.58. The van der Waals surface area contributed by atoms with E-state index < -0.39 is 5.91 Å².